The minimum Gasteiger partial charge on any atom is -0.357 e. The number of alkyl halides is 3. The van der Waals surface area contributed by atoms with Crippen molar-refractivity contribution in [3.63, 3.8) is 0 Å². The van der Waals surface area contributed by atoms with Gasteiger partial charge in [0.1, 0.15) is 6.04 Å². The highest BCUT2D eigenvalue weighted by atomic mass is 19.4. The Bertz CT molecular complexity index is 745. The Morgan fingerprint density at radius 3 is 2.20 bits per heavy atom. The third-order valence-corrected chi connectivity index (χ3v) is 3.63. The normalized spacial score (nSPS) is 12.3. The van der Waals surface area contributed by atoms with Gasteiger partial charge in [0.25, 0.3) is 5.91 Å². The van der Waals surface area contributed by atoms with Crippen molar-refractivity contribution in [1.82, 2.24) is 10.6 Å². The van der Waals surface area contributed by atoms with E-state index in [4.69, 9.17) is 0 Å². The summed E-state index contributed by atoms with van der Waals surface area (Å²) in [6, 6.07) is 12.4. The zero-order chi connectivity index (χ0) is 18.4. The van der Waals surface area contributed by atoms with Crippen molar-refractivity contribution in [2.75, 3.05) is 7.05 Å². The molecule has 0 fully saturated rings. The van der Waals surface area contributed by atoms with E-state index in [0.717, 1.165) is 17.7 Å². The molecule has 7 heteroatoms. The maximum absolute atomic E-state index is 13.1. The molecule has 0 heterocycles. The minimum atomic E-state index is -4.66. The summed E-state index contributed by atoms with van der Waals surface area (Å²) >= 11 is 0. The molecule has 2 aromatic rings. The second kappa shape index (κ2) is 7.83. The summed E-state index contributed by atoms with van der Waals surface area (Å²) in [5, 5.41) is 4.81. The van der Waals surface area contributed by atoms with Crippen LogP contribution in [0, 0.1) is 0 Å². The van der Waals surface area contributed by atoms with Gasteiger partial charge in [0.05, 0.1) is 11.1 Å². The summed E-state index contributed by atoms with van der Waals surface area (Å²) in [5.41, 5.74) is -0.777. The zero-order valence-corrected chi connectivity index (χ0v) is 13.4. The van der Waals surface area contributed by atoms with Crippen molar-refractivity contribution < 1.29 is 22.8 Å². The van der Waals surface area contributed by atoms with E-state index >= 15 is 0 Å². The predicted octanol–water partition coefficient (Wildman–Crippen LogP) is 2.79. The average molecular weight is 350 g/mol. The molecule has 4 nitrogen and oxygen atoms in total. The van der Waals surface area contributed by atoms with Gasteiger partial charge in [-0.3, -0.25) is 9.59 Å². The summed E-state index contributed by atoms with van der Waals surface area (Å²) in [6.45, 7) is 0. The van der Waals surface area contributed by atoms with Crippen molar-refractivity contribution in [3.8, 4) is 0 Å². The molecular weight excluding hydrogens is 333 g/mol. The summed E-state index contributed by atoms with van der Waals surface area (Å²) in [5.74, 6) is -1.43. The second-order valence-electron chi connectivity index (χ2n) is 5.37. The van der Waals surface area contributed by atoms with Crippen LogP contribution in [0.25, 0.3) is 0 Å². The lowest BCUT2D eigenvalue weighted by Gasteiger charge is -2.19. The lowest BCUT2D eigenvalue weighted by molar-refractivity contribution is -0.137. The maximum Gasteiger partial charge on any atom is 0.417 e. The van der Waals surface area contributed by atoms with Gasteiger partial charge < -0.3 is 10.6 Å². The molecule has 0 aliphatic carbocycles. The Morgan fingerprint density at radius 1 is 1.00 bits per heavy atom. The van der Waals surface area contributed by atoms with Crippen LogP contribution >= 0.6 is 0 Å². The molecule has 1 atom stereocenters. The highest BCUT2D eigenvalue weighted by Crippen LogP contribution is 2.31. The second-order valence-corrected chi connectivity index (χ2v) is 5.37. The zero-order valence-electron chi connectivity index (χ0n) is 13.4. The lowest BCUT2D eigenvalue weighted by Crippen LogP contribution is -2.47. The van der Waals surface area contributed by atoms with Crippen molar-refractivity contribution in [2.45, 2.75) is 18.6 Å². The highest BCUT2D eigenvalue weighted by molar-refractivity contribution is 5.98. The minimum absolute atomic E-state index is 0.167. The van der Waals surface area contributed by atoms with Crippen LogP contribution in [0.4, 0.5) is 13.2 Å². The van der Waals surface area contributed by atoms with Crippen LogP contribution in [-0.4, -0.2) is 24.9 Å². The fraction of sp³-hybridized carbons (Fsp3) is 0.222. The molecule has 1 unspecified atom stereocenters. The molecule has 2 rings (SSSR count). The quantitative estimate of drug-likeness (QED) is 0.871. The number of nitrogens with one attached hydrogen (secondary N) is 2. The summed E-state index contributed by atoms with van der Waals surface area (Å²) in [6.07, 6.45) is -4.49. The van der Waals surface area contributed by atoms with Gasteiger partial charge in [-0.05, 0) is 17.7 Å². The maximum atomic E-state index is 13.1. The summed E-state index contributed by atoms with van der Waals surface area (Å²) < 4.78 is 39.2. The number of carbonyl (C=O) groups excluding carboxylic acids is 2. The largest absolute Gasteiger partial charge is 0.417 e. The van der Waals surface area contributed by atoms with E-state index in [0.29, 0.717) is 0 Å². The SMILES string of the molecule is CNC(=O)C(Cc1ccccc1)NC(=O)c1ccccc1C(F)(F)F. The van der Waals surface area contributed by atoms with Crippen LogP contribution in [0.15, 0.2) is 54.6 Å². The van der Waals surface area contributed by atoms with Gasteiger partial charge in [-0.15, -0.1) is 0 Å². The fourth-order valence-corrected chi connectivity index (χ4v) is 2.40. The smallest absolute Gasteiger partial charge is 0.357 e. The van der Waals surface area contributed by atoms with Crippen molar-refractivity contribution in [2.24, 2.45) is 0 Å². The number of benzene rings is 2. The molecule has 0 saturated carbocycles. The van der Waals surface area contributed by atoms with Crippen molar-refractivity contribution >= 4 is 11.8 Å². The van der Waals surface area contributed by atoms with Crippen LogP contribution in [0.5, 0.6) is 0 Å². The number of likely N-dealkylation sites (N-methyl/N-ethyl adjacent to an activating group) is 1. The van der Waals surface area contributed by atoms with Crippen LogP contribution < -0.4 is 10.6 Å². The molecule has 0 radical (unpaired) electrons. The molecule has 0 bridgehead atoms. The summed E-state index contributed by atoms with van der Waals surface area (Å²) in [7, 11) is 1.40. The third-order valence-electron chi connectivity index (χ3n) is 3.63. The Labute approximate surface area is 143 Å². The molecule has 2 amide bonds. The lowest BCUT2D eigenvalue weighted by atomic mass is 10.0. The molecule has 0 spiro atoms. The number of rotatable bonds is 5. The van der Waals surface area contributed by atoms with Crippen LogP contribution in [0.3, 0.4) is 0 Å². The average Bonchev–Trinajstić information content (AvgIpc) is 2.60. The van der Waals surface area contributed by atoms with Crippen LogP contribution in [0.2, 0.25) is 0 Å². The molecule has 2 aromatic carbocycles. The number of halogens is 3. The van der Waals surface area contributed by atoms with E-state index in [1.165, 1.54) is 19.2 Å². The van der Waals surface area contributed by atoms with E-state index in [2.05, 4.69) is 10.6 Å². The monoisotopic (exact) mass is 350 g/mol. The van der Waals surface area contributed by atoms with E-state index in [1.807, 2.05) is 0 Å². The van der Waals surface area contributed by atoms with Gasteiger partial charge in [-0.2, -0.15) is 13.2 Å². The van der Waals surface area contributed by atoms with Crippen molar-refractivity contribution in [3.05, 3.63) is 71.3 Å². The standard InChI is InChI=1S/C18H17F3N2O2/c1-22-17(25)15(11-12-7-3-2-4-8-12)23-16(24)13-9-5-6-10-14(13)18(19,20)21/h2-10,15H,11H2,1H3,(H,22,25)(H,23,24). The first-order chi connectivity index (χ1) is 11.8. The Hall–Kier alpha value is -2.83. The fourth-order valence-electron chi connectivity index (χ4n) is 2.40. The van der Waals surface area contributed by atoms with Gasteiger partial charge in [-0.1, -0.05) is 42.5 Å². The van der Waals surface area contributed by atoms with E-state index in [9.17, 15) is 22.8 Å². The van der Waals surface area contributed by atoms with Gasteiger partial charge in [0.15, 0.2) is 0 Å². The number of amides is 2. The summed E-state index contributed by atoms with van der Waals surface area (Å²) in [4.78, 5) is 24.4. The van der Waals surface area contributed by atoms with Gasteiger partial charge in [0.2, 0.25) is 5.91 Å². The molecule has 2 N–H and O–H groups in total. The molecule has 0 saturated heterocycles. The first-order valence-corrected chi connectivity index (χ1v) is 7.55. The molecule has 25 heavy (non-hydrogen) atoms. The van der Waals surface area contributed by atoms with Gasteiger partial charge >= 0.3 is 6.18 Å². The van der Waals surface area contributed by atoms with E-state index in [1.54, 1.807) is 30.3 Å². The highest BCUT2D eigenvalue weighted by Gasteiger charge is 2.35. The molecule has 0 aromatic heterocycles. The van der Waals surface area contributed by atoms with Crippen LogP contribution in [-0.2, 0) is 17.4 Å². The van der Waals surface area contributed by atoms with Gasteiger partial charge in [-0.25, -0.2) is 0 Å². The molecule has 0 aliphatic rings. The first kappa shape index (κ1) is 18.5. The predicted molar refractivity (Wildman–Crippen MR) is 86.9 cm³/mol. The van der Waals surface area contributed by atoms with Gasteiger partial charge in [0, 0.05) is 13.5 Å². The van der Waals surface area contributed by atoms with E-state index in [-0.39, 0.29) is 6.42 Å². The number of carbonyl (C=O) groups is 2. The molecular formula is C18H17F3N2O2. The van der Waals surface area contributed by atoms with Crippen molar-refractivity contribution in [1.29, 1.82) is 0 Å². The third kappa shape index (κ3) is 4.82. The molecule has 132 valence electrons. The number of hydrogen-bond acceptors (Lipinski definition) is 2. The molecule has 0 aliphatic heterocycles. The topological polar surface area (TPSA) is 58.2 Å². The Morgan fingerprint density at radius 2 is 1.60 bits per heavy atom. The first-order valence-electron chi connectivity index (χ1n) is 7.55. The van der Waals surface area contributed by atoms with E-state index < -0.39 is 35.2 Å². The van der Waals surface area contributed by atoms with Crippen LogP contribution in [0.1, 0.15) is 21.5 Å². The Kier molecular flexibility index (Phi) is 5.80. The number of hydrogen-bond donors (Lipinski definition) is 2. The Balaban J connectivity index is 2.25.